The van der Waals surface area contributed by atoms with Crippen LogP contribution in [0.2, 0.25) is 0 Å². The van der Waals surface area contributed by atoms with Crippen molar-refractivity contribution in [3.05, 3.63) is 0 Å². The molecule has 0 aliphatic carbocycles. The van der Waals surface area contributed by atoms with Gasteiger partial charge in [0, 0.05) is 18.0 Å². The number of carbonyl (C=O) groups excluding carboxylic acids is 1. The van der Waals surface area contributed by atoms with Crippen molar-refractivity contribution in [3.8, 4) is 0 Å². The molecule has 0 saturated carbocycles. The molecule has 124 valence electrons. The van der Waals surface area contributed by atoms with Crippen LogP contribution in [0.3, 0.4) is 0 Å². The first kappa shape index (κ1) is 18.4. The average molecular weight is 297 g/mol. The standard InChI is InChI=1S/C17H35N3O/c1-17(2,3)20-13-9-15(10-14-20)16(21)18-11-7-6-8-12-19(4)5/h15H,6-14H2,1-5H3,(H,18,21). The minimum absolute atomic E-state index is 0.227. The van der Waals surface area contributed by atoms with Gasteiger partial charge in [0.25, 0.3) is 0 Å². The molecule has 1 N–H and O–H groups in total. The van der Waals surface area contributed by atoms with Crippen molar-refractivity contribution in [1.82, 2.24) is 15.1 Å². The summed E-state index contributed by atoms with van der Waals surface area (Å²) in [4.78, 5) is 16.9. The van der Waals surface area contributed by atoms with Crippen LogP contribution >= 0.6 is 0 Å². The number of likely N-dealkylation sites (tertiary alicyclic amines) is 1. The zero-order valence-electron chi connectivity index (χ0n) is 14.7. The maximum atomic E-state index is 12.2. The van der Waals surface area contributed by atoms with E-state index < -0.39 is 0 Å². The minimum atomic E-state index is 0.227. The lowest BCUT2D eigenvalue weighted by Crippen LogP contribution is -2.48. The molecule has 1 amide bonds. The summed E-state index contributed by atoms with van der Waals surface area (Å²) in [6.45, 7) is 10.8. The smallest absolute Gasteiger partial charge is 0.223 e. The Balaban J connectivity index is 2.11. The van der Waals surface area contributed by atoms with E-state index in [1.807, 2.05) is 0 Å². The van der Waals surface area contributed by atoms with Crippen molar-refractivity contribution < 1.29 is 4.79 Å². The van der Waals surface area contributed by atoms with E-state index in [1.54, 1.807) is 0 Å². The van der Waals surface area contributed by atoms with Gasteiger partial charge in [-0.1, -0.05) is 6.42 Å². The number of hydrogen-bond acceptors (Lipinski definition) is 3. The molecule has 0 bridgehead atoms. The molecule has 0 unspecified atom stereocenters. The van der Waals surface area contributed by atoms with Crippen LogP contribution in [0.1, 0.15) is 52.9 Å². The second kappa shape index (κ2) is 8.74. The van der Waals surface area contributed by atoms with E-state index in [0.717, 1.165) is 45.4 Å². The van der Waals surface area contributed by atoms with Crippen LogP contribution in [0.25, 0.3) is 0 Å². The molecule has 1 aliphatic rings. The predicted molar refractivity (Wildman–Crippen MR) is 89.5 cm³/mol. The third-order valence-corrected chi connectivity index (χ3v) is 4.40. The molecule has 1 rings (SSSR count). The molecule has 4 heteroatoms. The number of piperidine rings is 1. The number of hydrogen-bond donors (Lipinski definition) is 1. The fraction of sp³-hybridized carbons (Fsp3) is 0.941. The second-order valence-electron chi connectivity index (χ2n) is 7.59. The second-order valence-corrected chi connectivity index (χ2v) is 7.59. The molecule has 1 fully saturated rings. The Morgan fingerprint density at radius 1 is 1.14 bits per heavy atom. The van der Waals surface area contributed by atoms with Crippen LogP contribution in [-0.4, -0.2) is 61.5 Å². The largest absolute Gasteiger partial charge is 0.356 e. The Morgan fingerprint density at radius 2 is 1.76 bits per heavy atom. The van der Waals surface area contributed by atoms with Gasteiger partial charge < -0.3 is 10.2 Å². The van der Waals surface area contributed by atoms with E-state index in [1.165, 1.54) is 12.8 Å². The molecule has 0 atom stereocenters. The van der Waals surface area contributed by atoms with Crippen molar-refractivity contribution in [1.29, 1.82) is 0 Å². The molecule has 21 heavy (non-hydrogen) atoms. The number of rotatable bonds is 7. The van der Waals surface area contributed by atoms with Gasteiger partial charge in [-0.05, 0) is 80.2 Å². The van der Waals surface area contributed by atoms with Crippen LogP contribution in [0, 0.1) is 5.92 Å². The number of carbonyl (C=O) groups is 1. The molecule has 1 saturated heterocycles. The Hall–Kier alpha value is -0.610. The van der Waals surface area contributed by atoms with Gasteiger partial charge in [-0.15, -0.1) is 0 Å². The number of nitrogens with zero attached hydrogens (tertiary/aromatic N) is 2. The van der Waals surface area contributed by atoms with Gasteiger partial charge in [-0.2, -0.15) is 0 Å². The first-order valence-corrected chi connectivity index (χ1v) is 8.48. The van der Waals surface area contributed by atoms with Crippen LogP contribution in [0.5, 0.6) is 0 Å². The van der Waals surface area contributed by atoms with E-state index in [4.69, 9.17) is 0 Å². The van der Waals surface area contributed by atoms with Gasteiger partial charge >= 0.3 is 0 Å². The van der Waals surface area contributed by atoms with Gasteiger partial charge in [0.05, 0.1) is 0 Å². The highest BCUT2D eigenvalue weighted by Crippen LogP contribution is 2.23. The van der Waals surface area contributed by atoms with E-state index in [9.17, 15) is 4.79 Å². The average Bonchev–Trinajstić information content (AvgIpc) is 2.41. The maximum absolute atomic E-state index is 12.2. The van der Waals surface area contributed by atoms with E-state index in [2.05, 4.69) is 50.0 Å². The topological polar surface area (TPSA) is 35.6 Å². The molecular formula is C17H35N3O. The molecule has 1 aliphatic heterocycles. The lowest BCUT2D eigenvalue weighted by atomic mass is 9.92. The fourth-order valence-corrected chi connectivity index (χ4v) is 2.90. The first-order chi connectivity index (χ1) is 9.80. The summed E-state index contributed by atoms with van der Waals surface area (Å²) in [7, 11) is 4.21. The highest BCUT2D eigenvalue weighted by Gasteiger charge is 2.29. The molecular weight excluding hydrogens is 262 g/mol. The highest BCUT2D eigenvalue weighted by atomic mass is 16.1. The van der Waals surface area contributed by atoms with Crippen LogP contribution in [0.4, 0.5) is 0 Å². The minimum Gasteiger partial charge on any atom is -0.356 e. The quantitative estimate of drug-likeness (QED) is 0.733. The Bertz CT molecular complexity index is 302. The van der Waals surface area contributed by atoms with Gasteiger partial charge in [-0.3, -0.25) is 9.69 Å². The molecule has 0 aromatic rings. The van der Waals surface area contributed by atoms with Crippen LogP contribution in [-0.2, 0) is 4.79 Å². The van der Waals surface area contributed by atoms with Gasteiger partial charge in [-0.25, -0.2) is 0 Å². The summed E-state index contributed by atoms with van der Waals surface area (Å²) in [5.74, 6) is 0.501. The summed E-state index contributed by atoms with van der Waals surface area (Å²) >= 11 is 0. The van der Waals surface area contributed by atoms with Crippen LogP contribution in [0.15, 0.2) is 0 Å². The highest BCUT2D eigenvalue weighted by molar-refractivity contribution is 5.78. The molecule has 0 aromatic carbocycles. The summed E-state index contributed by atoms with van der Waals surface area (Å²) < 4.78 is 0. The summed E-state index contributed by atoms with van der Waals surface area (Å²) in [6, 6.07) is 0. The first-order valence-electron chi connectivity index (χ1n) is 8.48. The summed E-state index contributed by atoms with van der Waals surface area (Å²) in [6.07, 6.45) is 5.52. The van der Waals surface area contributed by atoms with Crippen molar-refractivity contribution in [2.24, 2.45) is 5.92 Å². The summed E-state index contributed by atoms with van der Waals surface area (Å²) in [5.41, 5.74) is 0.230. The molecule has 0 aromatic heterocycles. The SMILES string of the molecule is CN(C)CCCCCNC(=O)C1CCN(C(C)(C)C)CC1. The zero-order chi connectivity index (χ0) is 15.9. The van der Waals surface area contributed by atoms with Gasteiger partial charge in [0.15, 0.2) is 0 Å². The molecule has 0 spiro atoms. The Morgan fingerprint density at radius 3 is 2.29 bits per heavy atom. The fourth-order valence-electron chi connectivity index (χ4n) is 2.90. The monoisotopic (exact) mass is 297 g/mol. The van der Waals surface area contributed by atoms with Crippen molar-refractivity contribution in [2.75, 3.05) is 40.3 Å². The number of amides is 1. The lowest BCUT2D eigenvalue weighted by molar-refractivity contribution is -0.126. The Kier molecular flexibility index (Phi) is 7.67. The predicted octanol–water partition coefficient (Wildman–Crippen LogP) is 2.34. The number of unbranched alkanes of at least 4 members (excludes halogenated alkanes) is 2. The third kappa shape index (κ3) is 7.28. The zero-order valence-corrected chi connectivity index (χ0v) is 14.7. The van der Waals surface area contributed by atoms with Crippen molar-refractivity contribution in [2.45, 2.75) is 58.4 Å². The number of nitrogens with one attached hydrogen (secondary N) is 1. The van der Waals surface area contributed by atoms with Gasteiger partial charge in [0.2, 0.25) is 5.91 Å². The van der Waals surface area contributed by atoms with Crippen molar-refractivity contribution >= 4 is 5.91 Å². The molecule has 1 heterocycles. The molecule has 4 nitrogen and oxygen atoms in total. The normalized spacial score (nSPS) is 18.2. The van der Waals surface area contributed by atoms with Crippen LogP contribution < -0.4 is 5.32 Å². The van der Waals surface area contributed by atoms with Crippen molar-refractivity contribution in [3.63, 3.8) is 0 Å². The lowest BCUT2D eigenvalue weighted by Gasteiger charge is -2.40. The summed E-state index contributed by atoms with van der Waals surface area (Å²) in [5, 5.41) is 3.12. The van der Waals surface area contributed by atoms with E-state index in [-0.39, 0.29) is 17.4 Å². The van der Waals surface area contributed by atoms with E-state index in [0.29, 0.717) is 0 Å². The van der Waals surface area contributed by atoms with E-state index >= 15 is 0 Å². The molecule has 0 radical (unpaired) electrons. The maximum Gasteiger partial charge on any atom is 0.223 e. The third-order valence-electron chi connectivity index (χ3n) is 4.40. The van der Waals surface area contributed by atoms with Gasteiger partial charge in [0.1, 0.15) is 0 Å². The Labute approximate surface area is 131 Å².